The molecule has 0 bridgehead atoms. The van der Waals surface area contributed by atoms with E-state index >= 15 is 0 Å². The van der Waals surface area contributed by atoms with E-state index in [1.807, 2.05) is 10.6 Å². The first-order valence-electron chi connectivity index (χ1n) is 11.7. The highest BCUT2D eigenvalue weighted by molar-refractivity contribution is 6.30. The van der Waals surface area contributed by atoms with Crippen LogP contribution in [0.15, 0.2) is 36.5 Å². The van der Waals surface area contributed by atoms with Crippen LogP contribution >= 0.6 is 11.6 Å². The average Bonchev–Trinajstić information content (AvgIpc) is 3.14. The van der Waals surface area contributed by atoms with Crippen molar-refractivity contribution < 1.29 is 22.3 Å². The summed E-state index contributed by atoms with van der Waals surface area (Å²) in [5.41, 5.74) is -0.635. The summed E-state index contributed by atoms with van der Waals surface area (Å²) in [6, 6.07) is 8.33. The summed E-state index contributed by atoms with van der Waals surface area (Å²) in [4.78, 5) is 7.66. The van der Waals surface area contributed by atoms with Gasteiger partial charge < -0.3 is 9.64 Å². The molecule has 0 radical (unpaired) electrons. The van der Waals surface area contributed by atoms with E-state index in [2.05, 4.69) is 20.1 Å². The number of halogens is 5. The Morgan fingerprint density at radius 1 is 1.03 bits per heavy atom. The van der Waals surface area contributed by atoms with Crippen LogP contribution in [0, 0.1) is 5.82 Å². The molecule has 0 aliphatic carbocycles. The van der Waals surface area contributed by atoms with E-state index in [1.165, 1.54) is 17.2 Å². The van der Waals surface area contributed by atoms with Crippen LogP contribution in [0.5, 0.6) is 0 Å². The monoisotopic (exact) mass is 522 g/mol. The molecule has 0 unspecified atom stereocenters. The topological polar surface area (TPSA) is 59.3 Å². The fourth-order valence-corrected chi connectivity index (χ4v) is 5.53. The molecule has 0 N–H and O–H groups in total. The number of pyridine rings is 1. The van der Waals surface area contributed by atoms with Gasteiger partial charge in [-0.05, 0) is 48.7 Å². The maximum atomic E-state index is 14.2. The van der Waals surface area contributed by atoms with Crippen LogP contribution in [0.3, 0.4) is 0 Å². The van der Waals surface area contributed by atoms with Gasteiger partial charge in [0.05, 0.1) is 31.6 Å². The molecule has 3 aliphatic heterocycles. The van der Waals surface area contributed by atoms with Crippen molar-refractivity contribution >= 4 is 17.4 Å². The van der Waals surface area contributed by atoms with Crippen molar-refractivity contribution in [1.82, 2.24) is 24.6 Å². The molecule has 0 saturated carbocycles. The molecule has 5 heterocycles. The van der Waals surface area contributed by atoms with Crippen LogP contribution in [0.25, 0.3) is 5.69 Å². The van der Waals surface area contributed by atoms with Gasteiger partial charge in [0, 0.05) is 30.6 Å². The predicted molar refractivity (Wildman–Crippen MR) is 124 cm³/mol. The second-order valence-electron chi connectivity index (χ2n) is 9.56. The SMILES string of the molecule is Fc1ccc(N2CCC(c3nnc4n3-c3ccc(Cl)cc3CN(C3(C(F)(F)F)COC3)C4)CC2)nc1. The van der Waals surface area contributed by atoms with Crippen LogP contribution in [0.2, 0.25) is 5.02 Å². The summed E-state index contributed by atoms with van der Waals surface area (Å²) in [6.07, 6.45) is -1.74. The van der Waals surface area contributed by atoms with Crippen LogP contribution < -0.4 is 4.90 Å². The Bertz CT molecular complexity index is 1270. The van der Waals surface area contributed by atoms with E-state index in [0.717, 1.165) is 24.4 Å². The van der Waals surface area contributed by atoms with Crippen molar-refractivity contribution in [2.75, 3.05) is 31.2 Å². The van der Waals surface area contributed by atoms with Crippen molar-refractivity contribution in [1.29, 1.82) is 0 Å². The molecule has 0 spiro atoms. The van der Waals surface area contributed by atoms with Gasteiger partial charge in [0.15, 0.2) is 11.4 Å². The summed E-state index contributed by atoms with van der Waals surface area (Å²) in [5, 5.41) is 9.30. The van der Waals surface area contributed by atoms with Gasteiger partial charge in [-0.3, -0.25) is 9.47 Å². The van der Waals surface area contributed by atoms with Crippen molar-refractivity contribution in [2.45, 2.75) is 43.6 Å². The van der Waals surface area contributed by atoms with Crippen LogP contribution in [0.4, 0.5) is 23.4 Å². The molecule has 1 aromatic carbocycles. The number of hydrogen-bond acceptors (Lipinski definition) is 6. The number of rotatable bonds is 3. The summed E-state index contributed by atoms with van der Waals surface area (Å²) in [7, 11) is 0. The van der Waals surface area contributed by atoms with Gasteiger partial charge in [-0.1, -0.05) is 11.6 Å². The largest absolute Gasteiger partial charge is 0.411 e. The Kier molecular flexibility index (Phi) is 5.69. The van der Waals surface area contributed by atoms with E-state index in [1.54, 1.807) is 18.2 Å². The van der Waals surface area contributed by atoms with Gasteiger partial charge in [-0.2, -0.15) is 13.2 Å². The molecule has 6 rings (SSSR count). The second kappa shape index (κ2) is 8.67. The van der Waals surface area contributed by atoms with Crippen LogP contribution in [-0.4, -0.2) is 62.7 Å². The molecular weight excluding hydrogens is 500 g/mol. The van der Waals surface area contributed by atoms with Crippen LogP contribution in [-0.2, 0) is 17.8 Å². The molecule has 7 nitrogen and oxygen atoms in total. The summed E-state index contributed by atoms with van der Waals surface area (Å²) in [5.74, 6) is 1.58. The first-order chi connectivity index (χ1) is 17.2. The second-order valence-corrected chi connectivity index (χ2v) is 9.99. The number of nitrogens with zero attached hydrogens (tertiary/aromatic N) is 6. The quantitative estimate of drug-likeness (QED) is 0.473. The van der Waals surface area contributed by atoms with Gasteiger partial charge in [-0.25, -0.2) is 9.37 Å². The van der Waals surface area contributed by atoms with Gasteiger partial charge in [0.25, 0.3) is 0 Å². The third-order valence-corrected chi connectivity index (χ3v) is 7.68. The number of alkyl halides is 3. The lowest BCUT2D eigenvalue weighted by Gasteiger charge is -2.49. The number of aromatic nitrogens is 4. The smallest absolute Gasteiger partial charge is 0.377 e. The molecule has 3 aliphatic rings. The number of ether oxygens (including phenoxy) is 1. The Balaban J connectivity index is 1.33. The number of piperidine rings is 1. The highest BCUT2D eigenvalue weighted by Crippen LogP contribution is 2.44. The number of benzene rings is 1. The predicted octanol–water partition coefficient (Wildman–Crippen LogP) is 4.49. The Morgan fingerprint density at radius 3 is 2.44 bits per heavy atom. The highest BCUT2D eigenvalue weighted by Gasteiger charge is 2.63. The lowest BCUT2D eigenvalue weighted by atomic mass is 9.93. The molecule has 12 heteroatoms. The van der Waals surface area contributed by atoms with Crippen molar-refractivity contribution in [3.8, 4) is 5.69 Å². The molecule has 2 saturated heterocycles. The normalized spacial score (nSPS) is 20.4. The van der Waals surface area contributed by atoms with Gasteiger partial charge in [0.1, 0.15) is 17.5 Å². The van der Waals surface area contributed by atoms with E-state index in [9.17, 15) is 17.6 Å². The lowest BCUT2D eigenvalue weighted by Crippen LogP contribution is -2.69. The van der Waals surface area contributed by atoms with Crippen LogP contribution in [0.1, 0.15) is 36.0 Å². The molecule has 36 heavy (non-hydrogen) atoms. The van der Waals surface area contributed by atoms with Gasteiger partial charge >= 0.3 is 6.18 Å². The van der Waals surface area contributed by atoms with Crippen molar-refractivity contribution in [2.24, 2.45) is 0 Å². The first-order valence-corrected chi connectivity index (χ1v) is 12.1. The first kappa shape index (κ1) is 23.6. The Hall–Kier alpha value is -2.76. The standard InChI is InChI=1S/C24H23ClF4N6O/c25-17-1-3-19-16(9-17)11-34(23(13-36-14-23)24(27,28)29)12-21-31-32-22(35(19)21)15-5-7-33(8-6-15)20-4-2-18(26)10-30-20/h1-4,9-10,15H,5-8,11-14H2. The highest BCUT2D eigenvalue weighted by atomic mass is 35.5. The number of hydrogen-bond donors (Lipinski definition) is 0. The molecule has 2 fully saturated rings. The maximum absolute atomic E-state index is 14.2. The summed E-state index contributed by atoms with van der Waals surface area (Å²) >= 11 is 6.26. The molecule has 0 amide bonds. The fourth-order valence-electron chi connectivity index (χ4n) is 5.34. The van der Waals surface area contributed by atoms with E-state index in [-0.39, 0.29) is 24.8 Å². The number of fused-ring (bicyclic) bond motifs is 3. The Labute approximate surface area is 209 Å². The third kappa shape index (κ3) is 3.84. The minimum absolute atomic E-state index is 0.0134. The van der Waals surface area contributed by atoms with E-state index < -0.39 is 24.9 Å². The Morgan fingerprint density at radius 2 is 1.81 bits per heavy atom. The zero-order chi connectivity index (χ0) is 25.1. The zero-order valence-electron chi connectivity index (χ0n) is 19.2. The molecule has 3 aromatic rings. The summed E-state index contributed by atoms with van der Waals surface area (Å²) < 4.78 is 62.7. The van der Waals surface area contributed by atoms with Gasteiger partial charge in [-0.15, -0.1) is 10.2 Å². The molecule has 0 atom stereocenters. The van der Waals surface area contributed by atoms with E-state index in [0.29, 0.717) is 35.3 Å². The minimum Gasteiger partial charge on any atom is -0.377 e. The minimum atomic E-state index is -4.46. The maximum Gasteiger partial charge on any atom is 0.411 e. The summed E-state index contributed by atoms with van der Waals surface area (Å²) in [6.45, 7) is 0.614. The molecular formula is C24H23ClF4N6O. The average molecular weight is 523 g/mol. The number of anilines is 1. The molecule has 2 aromatic heterocycles. The fraction of sp³-hybridized carbons (Fsp3) is 0.458. The van der Waals surface area contributed by atoms with E-state index in [4.69, 9.17) is 16.3 Å². The van der Waals surface area contributed by atoms with Crippen molar-refractivity contribution in [3.63, 3.8) is 0 Å². The van der Waals surface area contributed by atoms with Gasteiger partial charge in [0.2, 0.25) is 0 Å². The third-order valence-electron chi connectivity index (χ3n) is 7.44. The van der Waals surface area contributed by atoms with Crippen molar-refractivity contribution in [3.05, 3.63) is 64.6 Å². The lowest BCUT2D eigenvalue weighted by molar-refractivity contribution is -0.310. The molecule has 190 valence electrons. The zero-order valence-corrected chi connectivity index (χ0v) is 19.9.